The van der Waals surface area contributed by atoms with Crippen molar-refractivity contribution in [2.45, 2.75) is 66.1 Å². The number of furan rings is 1. The van der Waals surface area contributed by atoms with Crippen LogP contribution in [0.5, 0.6) is 11.5 Å². The second-order valence-electron chi connectivity index (χ2n) is 24.5. The minimum atomic E-state index is -2.90. The van der Waals surface area contributed by atoms with Crippen molar-refractivity contribution in [2.75, 3.05) is 0 Å². The topological polar surface area (TPSA) is 49.0 Å². The number of ether oxygens (including phenoxy) is 1. The van der Waals surface area contributed by atoms with Gasteiger partial charge in [-0.05, 0) is 179 Å². The van der Waals surface area contributed by atoms with E-state index in [0.717, 1.165) is 43.7 Å². The minimum Gasteiger partial charge on any atom is -0.510 e. The van der Waals surface area contributed by atoms with E-state index in [4.69, 9.17) is 22.4 Å². The molecule has 0 radical (unpaired) electrons. The molecule has 7 heteroatoms. The Morgan fingerprint density at radius 2 is 1.15 bits per heavy atom. The summed E-state index contributed by atoms with van der Waals surface area (Å²) in [4.78, 5) is 4.88. The van der Waals surface area contributed by atoms with Crippen molar-refractivity contribution in [2.24, 2.45) is 0 Å². The van der Waals surface area contributed by atoms with Crippen molar-refractivity contribution in [3.05, 3.63) is 271 Å². The van der Waals surface area contributed by atoms with Crippen LogP contribution in [0.3, 0.4) is 0 Å². The summed E-state index contributed by atoms with van der Waals surface area (Å²) in [6.07, 6.45) is 5.53. The predicted molar refractivity (Wildman–Crippen MR) is 360 cm³/mol. The number of para-hydroxylation sites is 2. The van der Waals surface area contributed by atoms with E-state index < -0.39 is 62.0 Å². The second kappa shape index (κ2) is 21.2. The van der Waals surface area contributed by atoms with Gasteiger partial charge in [0.25, 0.3) is 6.33 Å². The predicted octanol–water partition coefficient (Wildman–Crippen LogP) is 21.0. The molecule has 16 rings (SSSR count). The van der Waals surface area contributed by atoms with Crippen LogP contribution in [0.4, 0.5) is 0 Å². The molecule has 4 aromatic heterocycles. The summed E-state index contributed by atoms with van der Waals surface area (Å²) < 4.78 is 151. The van der Waals surface area contributed by atoms with Gasteiger partial charge in [-0.2, -0.15) is 18.2 Å². The Morgan fingerprint density at radius 3 is 1.89 bits per heavy atom. The van der Waals surface area contributed by atoms with E-state index >= 15 is 0 Å². The molecule has 0 spiro atoms. The Kier molecular flexibility index (Phi) is 10.0. The van der Waals surface area contributed by atoms with Gasteiger partial charge in [0.15, 0.2) is 0 Å². The van der Waals surface area contributed by atoms with Crippen molar-refractivity contribution in [1.29, 1.82) is 0 Å². The third kappa shape index (κ3) is 9.34. The fourth-order valence-electron chi connectivity index (χ4n) is 12.6. The second-order valence-corrected chi connectivity index (χ2v) is 24.5. The standard InChI is InChI=1S/C82H62N4O2.Pt/c1-50-19-17-20-51(2)78(50)55-43-68(52-31-34-56(35-32-52)81(3,4)5)79-70(44-55)63-25-11-9-23-61(63)62-24-10-12-26-64(62)71-42-54(53-33-38-76-69(41-53)67-28-14-16-30-75(67)88-76)45-74-80(71)85(79)49-84(74)58-21-18-22-59(47-58)87-60-36-37-66-65-27-13-15-29-72(65)86(73(66)48-60)77-46-57(39-40-83-77)82(6,7)8;/h9-46H,1-8H3;/q-2;/i1D3,2D3,9D,10D,11D,12D,23D,24D,25D,26D;. The van der Waals surface area contributed by atoms with Crippen LogP contribution >= 0.6 is 0 Å². The molecule has 0 unspecified atom stereocenters. The molecule has 0 amide bonds. The van der Waals surface area contributed by atoms with Gasteiger partial charge in [-0.25, -0.2) is 4.98 Å². The van der Waals surface area contributed by atoms with E-state index in [1.54, 1.807) is 27.3 Å². The Morgan fingerprint density at radius 1 is 0.506 bits per heavy atom. The van der Waals surface area contributed by atoms with Gasteiger partial charge < -0.3 is 18.3 Å². The molecule has 0 atom stereocenters. The molecule has 11 aromatic carbocycles. The molecular formula is C82H62N4O2Pt-2. The number of imidazole rings is 1. The number of nitrogens with zero attached hydrogens (tertiary/aromatic N) is 4. The fourth-order valence-corrected chi connectivity index (χ4v) is 12.6. The molecule has 15 aromatic rings. The number of hydrogen-bond acceptors (Lipinski definition) is 3. The van der Waals surface area contributed by atoms with Gasteiger partial charge in [-0.3, -0.25) is 4.57 Å². The number of benzene rings is 11. The van der Waals surface area contributed by atoms with Gasteiger partial charge >= 0.3 is 0 Å². The van der Waals surface area contributed by atoms with Gasteiger partial charge in [-0.15, -0.1) is 29.7 Å². The van der Waals surface area contributed by atoms with Crippen molar-refractivity contribution >= 4 is 54.8 Å². The fraction of sp³-hybridized carbons (Fsp3) is 0.122. The van der Waals surface area contributed by atoms with E-state index in [9.17, 15) is 11.0 Å². The summed E-state index contributed by atoms with van der Waals surface area (Å²) >= 11 is 0. The number of aromatic nitrogens is 4. The molecule has 0 bridgehead atoms. The zero-order valence-electron chi connectivity index (χ0n) is 63.2. The molecular weight excluding hydrogens is 1270 g/mol. The molecule has 0 fully saturated rings. The zero-order chi connectivity index (χ0) is 71.7. The van der Waals surface area contributed by atoms with Crippen LogP contribution in [-0.4, -0.2) is 14.1 Å². The first-order valence-electron chi connectivity index (χ1n) is 36.2. The van der Waals surface area contributed by atoms with E-state index in [2.05, 4.69) is 82.8 Å². The van der Waals surface area contributed by atoms with Gasteiger partial charge in [0.1, 0.15) is 17.0 Å². The number of fused-ring (bicyclic) bond motifs is 13. The molecule has 6 nitrogen and oxygen atoms in total. The molecule has 0 N–H and O–H groups in total. The zero-order valence-corrected chi connectivity index (χ0v) is 51.5. The summed E-state index contributed by atoms with van der Waals surface area (Å²) in [5.41, 5.74) is 6.42. The molecule has 0 aliphatic carbocycles. The molecule has 1 aliphatic rings. The average molecular weight is 1340 g/mol. The number of hydrogen-bond donors (Lipinski definition) is 0. The maximum absolute atomic E-state index is 10.2. The summed E-state index contributed by atoms with van der Waals surface area (Å²) in [6.45, 7) is 6.89. The Hall–Kier alpha value is -9.87. The van der Waals surface area contributed by atoms with Crippen molar-refractivity contribution < 1.29 is 54.0 Å². The first-order chi connectivity index (χ1) is 48.4. The van der Waals surface area contributed by atoms with Crippen molar-refractivity contribution in [1.82, 2.24) is 14.1 Å². The molecule has 434 valence electrons. The minimum absolute atomic E-state index is 0. The van der Waals surface area contributed by atoms with Crippen LogP contribution < -0.4 is 9.30 Å². The Bertz CT molecular complexity index is 6060. The first-order valence-corrected chi connectivity index (χ1v) is 29.2. The third-order valence-corrected chi connectivity index (χ3v) is 17.0. The average Bonchev–Trinajstić information content (AvgIpc) is 1.59. The number of pyridine rings is 1. The van der Waals surface area contributed by atoms with E-state index in [-0.39, 0.29) is 104 Å². The van der Waals surface area contributed by atoms with Gasteiger partial charge in [0.2, 0.25) is 0 Å². The van der Waals surface area contributed by atoms with Crippen LogP contribution in [0.1, 0.15) is 83.0 Å². The molecule has 1 aliphatic heterocycles. The Balaban J connectivity index is 0.00000856. The van der Waals surface area contributed by atoms with Crippen LogP contribution in [0.25, 0.3) is 139 Å². The van der Waals surface area contributed by atoms with Crippen LogP contribution in [0.15, 0.2) is 235 Å². The molecule has 5 heterocycles. The van der Waals surface area contributed by atoms with Crippen molar-refractivity contribution in [3.63, 3.8) is 0 Å². The maximum atomic E-state index is 10.2. The monoisotopic (exact) mass is 1340 g/mol. The van der Waals surface area contributed by atoms with Crippen molar-refractivity contribution in [3.8, 4) is 95.5 Å². The Labute approximate surface area is 552 Å². The van der Waals surface area contributed by atoms with Gasteiger partial charge in [0.05, 0.1) is 27.7 Å². The van der Waals surface area contributed by atoms with E-state index in [1.807, 2.05) is 121 Å². The van der Waals surface area contributed by atoms with Gasteiger partial charge in [-0.1, -0.05) is 186 Å². The molecule has 0 saturated heterocycles. The number of aryl methyl sites for hydroxylation is 2. The normalized spacial score (nSPS) is 14.7. The molecule has 0 saturated carbocycles. The summed E-state index contributed by atoms with van der Waals surface area (Å²) in [7, 11) is 0. The van der Waals surface area contributed by atoms with Crippen LogP contribution in [-0.2, 0) is 31.9 Å². The SMILES string of the molecule is [2H]c1c([2H])c([2H])c2c(c1[2H])-c1cc(-c3c(C([2H])([2H])[2H])cccc3C([2H])([2H])[2H])cc(-c3ccc(C(C)(C)C)cc3)c1-[n+]1[c-]n(-c3[c-]c(Oc4[c-]c5c(cc4)c4ccccc4n5-c4cc(C(C)(C)C)ccn4)ccc3)c3cc(-c4ccc5oc6ccccc6c5c4)cc(c31)-c1c([2H])c([2H])c([2H])c([2H])c1-2.[Pt]. The summed E-state index contributed by atoms with van der Waals surface area (Å²) in [5.74, 6) is 1.34. The largest absolute Gasteiger partial charge is 0.510 e. The molecule has 89 heavy (non-hydrogen) atoms. The van der Waals surface area contributed by atoms with E-state index in [1.165, 1.54) is 24.3 Å². The smallest absolute Gasteiger partial charge is 0.268 e. The summed E-state index contributed by atoms with van der Waals surface area (Å²) in [6, 6.07) is 55.7. The maximum Gasteiger partial charge on any atom is 0.268 e. The van der Waals surface area contributed by atoms with Crippen LogP contribution in [0.2, 0.25) is 0 Å². The van der Waals surface area contributed by atoms with E-state index in [0.29, 0.717) is 56.2 Å². The third-order valence-electron chi connectivity index (χ3n) is 17.0. The first kappa shape index (κ1) is 42.1. The van der Waals surface area contributed by atoms with Gasteiger partial charge in [0, 0.05) is 63.3 Å². The summed E-state index contributed by atoms with van der Waals surface area (Å²) in [5, 5.41) is 3.57. The van der Waals surface area contributed by atoms with Crippen LogP contribution in [0, 0.1) is 32.2 Å². The number of rotatable bonds is 7. The quantitative estimate of drug-likeness (QED) is 0.118.